The zero-order chi connectivity index (χ0) is 14.0. The highest BCUT2D eigenvalue weighted by molar-refractivity contribution is 6.08. The van der Waals surface area contributed by atoms with Gasteiger partial charge in [-0.2, -0.15) is 0 Å². The van der Waals surface area contributed by atoms with Crippen molar-refractivity contribution < 1.29 is 19.2 Å². The van der Waals surface area contributed by atoms with E-state index in [0.29, 0.717) is 11.4 Å². The number of aryl methyl sites for hydroxylation is 1. The van der Waals surface area contributed by atoms with Gasteiger partial charge in [0.15, 0.2) is 0 Å². The van der Waals surface area contributed by atoms with Gasteiger partial charge in [-0.05, 0) is 25.1 Å². The van der Waals surface area contributed by atoms with Crippen molar-refractivity contribution in [3.8, 4) is 0 Å². The Morgan fingerprint density at radius 3 is 2.68 bits per heavy atom. The molecular formula is C12H11N3O4. The summed E-state index contributed by atoms with van der Waals surface area (Å²) in [6.07, 6.45) is 1.26. The van der Waals surface area contributed by atoms with Gasteiger partial charge in [0.05, 0.1) is 17.4 Å². The average molecular weight is 261 g/mol. The highest BCUT2D eigenvalue weighted by Gasteiger charge is 2.17. The van der Waals surface area contributed by atoms with E-state index in [1.165, 1.54) is 24.4 Å². The van der Waals surface area contributed by atoms with Crippen LogP contribution in [0.4, 0.5) is 11.4 Å². The zero-order valence-electron chi connectivity index (χ0n) is 10.0. The number of carboxylic acids is 1. The van der Waals surface area contributed by atoms with Crippen LogP contribution < -0.4 is 11.1 Å². The van der Waals surface area contributed by atoms with E-state index in [-0.39, 0.29) is 16.8 Å². The average Bonchev–Trinajstić information content (AvgIpc) is 2.75. The molecule has 7 nitrogen and oxygen atoms in total. The highest BCUT2D eigenvalue weighted by atomic mass is 16.5. The molecule has 1 heterocycles. The molecule has 0 aliphatic heterocycles. The summed E-state index contributed by atoms with van der Waals surface area (Å²) < 4.78 is 4.77. The fraction of sp³-hybridized carbons (Fsp3) is 0.0833. The topological polar surface area (TPSA) is 118 Å². The number of hydrogen-bond donors (Lipinski definition) is 3. The van der Waals surface area contributed by atoms with Crippen LogP contribution in [0.2, 0.25) is 0 Å². The van der Waals surface area contributed by atoms with Crippen LogP contribution >= 0.6 is 0 Å². The number of nitrogens with zero attached hydrogens (tertiary/aromatic N) is 1. The maximum absolute atomic E-state index is 11.9. The fourth-order valence-electron chi connectivity index (χ4n) is 1.56. The van der Waals surface area contributed by atoms with E-state index in [1.807, 2.05) is 0 Å². The van der Waals surface area contributed by atoms with Crippen molar-refractivity contribution in [3.05, 3.63) is 41.3 Å². The SMILES string of the molecule is Cc1oncc1C(=O)Nc1cc(N)ccc1C(=O)O. The van der Waals surface area contributed by atoms with Crippen molar-refractivity contribution in [1.82, 2.24) is 5.16 Å². The number of nitrogens with one attached hydrogen (secondary N) is 1. The Labute approximate surface area is 108 Å². The van der Waals surface area contributed by atoms with E-state index in [0.717, 1.165) is 0 Å². The van der Waals surface area contributed by atoms with E-state index in [2.05, 4.69) is 10.5 Å². The first kappa shape index (κ1) is 12.6. The van der Waals surface area contributed by atoms with Crippen molar-refractivity contribution in [1.29, 1.82) is 0 Å². The van der Waals surface area contributed by atoms with E-state index in [4.69, 9.17) is 15.4 Å². The molecule has 0 unspecified atom stereocenters. The van der Waals surface area contributed by atoms with Crippen molar-refractivity contribution in [3.63, 3.8) is 0 Å². The monoisotopic (exact) mass is 261 g/mol. The Hall–Kier alpha value is -2.83. The summed E-state index contributed by atoms with van der Waals surface area (Å²) in [6.45, 7) is 1.58. The number of hydrogen-bond acceptors (Lipinski definition) is 5. The van der Waals surface area contributed by atoms with Gasteiger partial charge in [0.1, 0.15) is 11.3 Å². The normalized spacial score (nSPS) is 10.2. The lowest BCUT2D eigenvalue weighted by Gasteiger charge is -2.08. The molecule has 1 aromatic heterocycles. The van der Waals surface area contributed by atoms with Crippen LogP contribution in [0.25, 0.3) is 0 Å². The number of nitrogens with two attached hydrogens (primary N) is 1. The first-order chi connectivity index (χ1) is 8.99. The molecule has 0 bridgehead atoms. The molecule has 7 heteroatoms. The van der Waals surface area contributed by atoms with Gasteiger partial charge in [-0.1, -0.05) is 5.16 Å². The number of carboxylic acid groups (broad SMARTS) is 1. The third-order valence-corrected chi connectivity index (χ3v) is 2.52. The van der Waals surface area contributed by atoms with Crippen LogP contribution in [0.5, 0.6) is 0 Å². The number of aromatic carboxylic acids is 1. The molecule has 1 amide bonds. The van der Waals surface area contributed by atoms with E-state index in [1.54, 1.807) is 6.92 Å². The molecule has 2 aromatic rings. The second-order valence-electron chi connectivity index (χ2n) is 3.86. The minimum Gasteiger partial charge on any atom is -0.478 e. The van der Waals surface area contributed by atoms with Crippen molar-refractivity contribution in [2.24, 2.45) is 0 Å². The van der Waals surface area contributed by atoms with Crippen LogP contribution in [0.1, 0.15) is 26.5 Å². The molecule has 0 saturated carbocycles. The molecular weight excluding hydrogens is 250 g/mol. The number of carbonyl (C=O) groups excluding carboxylic acids is 1. The first-order valence-corrected chi connectivity index (χ1v) is 5.34. The minimum atomic E-state index is -1.16. The van der Waals surface area contributed by atoms with Gasteiger partial charge in [-0.3, -0.25) is 4.79 Å². The predicted molar refractivity (Wildman–Crippen MR) is 67.0 cm³/mol. The fourth-order valence-corrected chi connectivity index (χ4v) is 1.56. The molecule has 0 aliphatic carbocycles. The molecule has 0 saturated heterocycles. The van der Waals surface area contributed by atoms with E-state index >= 15 is 0 Å². The molecule has 0 fully saturated rings. The summed E-state index contributed by atoms with van der Waals surface area (Å²) in [5, 5.41) is 15.0. The highest BCUT2D eigenvalue weighted by Crippen LogP contribution is 2.20. The predicted octanol–water partition coefficient (Wildman–Crippen LogP) is 1.52. The third kappa shape index (κ3) is 2.54. The van der Waals surface area contributed by atoms with Crippen LogP contribution in [0.3, 0.4) is 0 Å². The number of benzene rings is 1. The Morgan fingerprint density at radius 2 is 2.11 bits per heavy atom. The molecule has 0 atom stereocenters. The van der Waals surface area contributed by atoms with Crippen molar-refractivity contribution in [2.75, 3.05) is 11.1 Å². The molecule has 98 valence electrons. The van der Waals surface area contributed by atoms with Gasteiger partial charge >= 0.3 is 5.97 Å². The third-order valence-electron chi connectivity index (χ3n) is 2.52. The zero-order valence-corrected chi connectivity index (χ0v) is 10.0. The van der Waals surface area contributed by atoms with Crippen LogP contribution in [-0.4, -0.2) is 22.1 Å². The number of carbonyl (C=O) groups is 2. The van der Waals surface area contributed by atoms with E-state index < -0.39 is 11.9 Å². The van der Waals surface area contributed by atoms with Crippen LogP contribution in [0, 0.1) is 6.92 Å². The number of amides is 1. The molecule has 2 rings (SSSR count). The minimum absolute atomic E-state index is 0.0448. The smallest absolute Gasteiger partial charge is 0.337 e. The molecule has 1 aromatic carbocycles. The Morgan fingerprint density at radius 1 is 1.37 bits per heavy atom. The largest absolute Gasteiger partial charge is 0.478 e. The quantitative estimate of drug-likeness (QED) is 0.721. The number of rotatable bonds is 3. The van der Waals surface area contributed by atoms with Crippen molar-refractivity contribution >= 4 is 23.3 Å². The lowest BCUT2D eigenvalue weighted by atomic mass is 10.1. The number of anilines is 2. The molecule has 19 heavy (non-hydrogen) atoms. The van der Waals surface area contributed by atoms with E-state index in [9.17, 15) is 9.59 Å². The van der Waals surface area contributed by atoms with Gasteiger partial charge < -0.3 is 20.7 Å². The summed E-state index contributed by atoms with van der Waals surface area (Å²) in [4.78, 5) is 23.0. The Bertz CT molecular complexity index is 648. The summed E-state index contributed by atoms with van der Waals surface area (Å²) in [6, 6.07) is 4.15. The first-order valence-electron chi connectivity index (χ1n) is 5.34. The standard InChI is InChI=1S/C12H11N3O4/c1-6-9(5-14-19-6)11(16)15-10-4-7(13)2-3-8(10)12(17)18/h2-5H,13H2,1H3,(H,15,16)(H,17,18). The molecule has 0 spiro atoms. The van der Waals surface area contributed by atoms with Crippen LogP contribution in [-0.2, 0) is 0 Å². The number of nitrogen functional groups attached to an aromatic ring is 1. The summed E-state index contributed by atoms with van der Waals surface area (Å²) in [7, 11) is 0. The molecule has 0 aliphatic rings. The van der Waals surface area contributed by atoms with Crippen LogP contribution in [0.15, 0.2) is 28.9 Å². The second kappa shape index (κ2) is 4.81. The summed E-state index contributed by atoms with van der Waals surface area (Å²) >= 11 is 0. The molecule has 4 N–H and O–H groups in total. The summed E-state index contributed by atoms with van der Waals surface area (Å²) in [5.74, 6) is -1.32. The van der Waals surface area contributed by atoms with Gasteiger partial charge in [-0.25, -0.2) is 4.79 Å². The van der Waals surface area contributed by atoms with Gasteiger partial charge in [0.2, 0.25) is 0 Å². The summed E-state index contributed by atoms with van der Waals surface area (Å²) in [5.41, 5.74) is 6.24. The van der Waals surface area contributed by atoms with Gasteiger partial charge in [-0.15, -0.1) is 0 Å². The van der Waals surface area contributed by atoms with Crippen molar-refractivity contribution in [2.45, 2.75) is 6.92 Å². The Kier molecular flexibility index (Phi) is 3.19. The second-order valence-corrected chi connectivity index (χ2v) is 3.86. The van der Waals surface area contributed by atoms with Gasteiger partial charge in [0.25, 0.3) is 5.91 Å². The lowest BCUT2D eigenvalue weighted by molar-refractivity contribution is 0.0698. The lowest BCUT2D eigenvalue weighted by Crippen LogP contribution is -2.15. The van der Waals surface area contributed by atoms with Gasteiger partial charge in [0, 0.05) is 5.69 Å². The number of aromatic nitrogens is 1. The maximum Gasteiger partial charge on any atom is 0.337 e. The Balaban J connectivity index is 2.33. The molecule has 0 radical (unpaired) electrons. The maximum atomic E-state index is 11.9.